The van der Waals surface area contributed by atoms with E-state index in [1.807, 2.05) is 37.3 Å². The second-order valence-electron chi connectivity index (χ2n) is 8.75. The van der Waals surface area contributed by atoms with Gasteiger partial charge in [-0.15, -0.1) is 0 Å². The van der Waals surface area contributed by atoms with Crippen LogP contribution >= 0.6 is 0 Å². The summed E-state index contributed by atoms with van der Waals surface area (Å²) in [5, 5.41) is 0. The highest BCUT2D eigenvalue weighted by atomic mass is 19.1. The molecule has 0 radical (unpaired) electrons. The Labute approximate surface area is 156 Å². The molecular formula is C24H29FO. The van der Waals surface area contributed by atoms with Crippen molar-refractivity contribution in [1.29, 1.82) is 0 Å². The quantitative estimate of drug-likeness (QED) is 0.556. The summed E-state index contributed by atoms with van der Waals surface area (Å²) in [7, 11) is 1.65. The van der Waals surface area contributed by atoms with Gasteiger partial charge in [0.15, 0.2) is 0 Å². The van der Waals surface area contributed by atoms with Gasteiger partial charge < -0.3 is 4.74 Å². The fourth-order valence-electron chi connectivity index (χ4n) is 3.92. The first-order chi connectivity index (χ1) is 12.1. The summed E-state index contributed by atoms with van der Waals surface area (Å²) in [6, 6.07) is 11.7. The minimum absolute atomic E-state index is 0.0256. The molecule has 0 saturated carbocycles. The highest BCUT2D eigenvalue weighted by Gasteiger charge is 2.37. The Kier molecular flexibility index (Phi) is 4.72. The van der Waals surface area contributed by atoms with Gasteiger partial charge >= 0.3 is 0 Å². The zero-order chi connectivity index (χ0) is 19.1. The van der Waals surface area contributed by atoms with Gasteiger partial charge in [0, 0.05) is 5.56 Å². The summed E-state index contributed by atoms with van der Waals surface area (Å²) in [6.45, 7) is 11.0. The van der Waals surface area contributed by atoms with E-state index < -0.39 is 0 Å². The van der Waals surface area contributed by atoms with Crippen LogP contribution in [0.15, 0.2) is 36.4 Å². The van der Waals surface area contributed by atoms with E-state index in [0.29, 0.717) is 5.56 Å². The lowest BCUT2D eigenvalue weighted by atomic mass is 9.63. The van der Waals surface area contributed by atoms with Crippen molar-refractivity contribution in [2.24, 2.45) is 0 Å². The monoisotopic (exact) mass is 352 g/mol. The van der Waals surface area contributed by atoms with Gasteiger partial charge in [-0.05, 0) is 77.1 Å². The Morgan fingerprint density at radius 3 is 2.04 bits per heavy atom. The first-order valence-corrected chi connectivity index (χ1v) is 9.31. The van der Waals surface area contributed by atoms with E-state index in [-0.39, 0.29) is 16.6 Å². The second kappa shape index (κ2) is 6.57. The Hall–Kier alpha value is -2.09. The number of benzene rings is 2. The second-order valence-corrected chi connectivity index (χ2v) is 8.75. The maximum absolute atomic E-state index is 15.0. The summed E-state index contributed by atoms with van der Waals surface area (Å²) < 4.78 is 20.2. The van der Waals surface area contributed by atoms with Crippen LogP contribution in [0.2, 0.25) is 0 Å². The topological polar surface area (TPSA) is 9.23 Å². The number of hydrogen-bond donors (Lipinski definition) is 0. The highest BCUT2D eigenvalue weighted by Crippen LogP contribution is 2.47. The highest BCUT2D eigenvalue weighted by molar-refractivity contribution is 5.81. The Morgan fingerprint density at radius 1 is 0.962 bits per heavy atom. The van der Waals surface area contributed by atoms with Crippen molar-refractivity contribution in [1.82, 2.24) is 0 Å². The number of halogens is 1. The summed E-state index contributed by atoms with van der Waals surface area (Å²) >= 11 is 0. The molecule has 0 atom stereocenters. The Morgan fingerprint density at radius 2 is 1.50 bits per heavy atom. The first kappa shape index (κ1) is 18.7. The number of fused-ring (bicyclic) bond motifs is 1. The van der Waals surface area contributed by atoms with E-state index in [1.165, 1.54) is 5.56 Å². The van der Waals surface area contributed by atoms with Crippen molar-refractivity contribution in [3.63, 3.8) is 0 Å². The molecule has 0 N–H and O–H groups in total. The first-order valence-electron chi connectivity index (χ1n) is 9.31. The molecule has 0 fully saturated rings. The van der Waals surface area contributed by atoms with E-state index in [1.54, 1.807) is 13.2 Å². The molecule has 1 aliphatic rings. The van der Waals surface area contributed by atoms with Crippen molar-refractivity contribution < 1.29 is 9.13 Å². The Bertz CT molecular complexity index is 841. The number of methoxy groups -OCH3 is 1. The molecule has 0 aliphatic heterocycles. The van der Waals surface area contributed by atoms with Gasteiger partial charge in [-0.1, -0.05) is 45.9 Å². The summed E-state index contributed by atoms with van der Waals surface area (Å²) in [4.78, 5) is 0. The molecular weight excluding hydrogens is 323 g/mol. The summed E-state index contributed by atoms with van der Waals surface area (Å²) in [5.41, 5.74) is 5.23. The third-order valence-electron chi connectivity index (χ3n) is 5.86. The van der Waals surface area contributed by atoms with Crippen LogP contribution in [0.5, 0.6) is 5.75 Å². The van der Waals surface area contributed by atoms with Crippen LogP contribution in [0, 0.1) is 5.82 Å². The molecule has 0 unspecified atom stereocenters. The molecule has 26 heavy (non-hydrogen) atoms. The molecule has 0 heterocycles. The summed E-state index contributed by atoms with van der Waals surface area (Å²) in [5.74, 6) is 0.695. The lowest BCUT2D eigenvalue weighted by Crippen LogP contribution is -2.34. The molecule has 1 nitrogen and oxygen atoms in total. The van der Waals surface area contributed by atoms with Gasteiger partial charge in [-0.2, -0.15) is 0 Å². The van der Waals surface area contributed by atoms with E-state index in [4.69, 9.17) is 4.74 Å². The molecule has 138 valence electrons. The van der Waals surface area contributed by atoms with Crippen LogP contribution in [0.1, 0.15) is 69.7 Å². The van der Waals surface area contributed by atoms with Gasteiger partial charge in [0.2, 0.25) is 0 Å². The SMILES string of the molecule is COc1ccc(C=C(C)c2cc3c(cc2F)C(C)(C)CCC3(C)C)cc1. The maximum atomic E-state index is 15.0. The third kappa shape index (κ3) is 3.42. The minimum Gasteiger partial charge on any atom is -0.497 e. The minimum atomic E-state index is -0.128. The van der Waals surface area contributed by atoms with Crippen molar-refractivity contribution in [3.05, 3.63) is 64.5 Å². The number of allylic oxidation sites excluding steroid dienone is 1. The molecule has 1 aliphatic carbocycles. The Balaban J connectivity index is 2.06. The number of ether oxygens (including phenoxy) is 1. The molecule has 0 aromatic heterocycles. The van der Waals surface area contributed by atoms with Crippen LogP contribution in [0.25, 0.3) is 11.6 Å². The lowest BCUT2D eigenvalue weighted by molar-refractivity contribution is 0.330. The largest absolute Gasteiger partial charge is 0.497 e. The lowest BCUT2D eigenvalue weighted by Gasteiger charge is -2.42. The summed E-state index contributed by atoms with van der Waals surface area (Å²) in [6.07, 6.45) is 4.25. The molecule has 2 heteroatoms. The molecule has 0 spiro atoms. The molecule has 0 saturated heterocycles. The third-order valence-corrected chi connectivity index (χ3v) is 5.86. The molecule has 2 aromatic carbocycles. The standard InChI is InChI=1S/C24H29FO/c1-16(13-17-7-9-18(26-6)10-8-17)19-14-20-21(15-22(19)25)24(4,5)12-11-23(20,2)3/h7-10,13-15H,11-12H2,1-6H3. The molecule has 0 amide bonds. The smallest absolute Gasteiger partial charge is 0.131 e. The van der Waals surface area contributed by atoms with Crippen molar-refractivity contribution in [3.8, 4) is 5.75 Å². The zero-order valence-electron chi connectivity index (χ0n) is 16.7. The fourth-order valence-corrected chi connectivity index (χ4v) is 3.92. The van der Waals surface area contributed by atoms with Gasteiger partial charge in [0.1, 0.15) is 11.6 Å². The zero-order valence-corrected chi connectivity index (χ0v) is 16.7. The predicted octanol–water partition coefficient (Wildman–Crippen LogP) is 6.74. The van der Waals surface area contributed by atoms with Crippen molar-refractivity contribution in [2.45, 2.75) is 58.3 Å². The van der Waals surface area contributed by atoms with E-state index in [9.17, 15) is 4.39 Å². The van der Waals surface area contributed by atoms with Gasteiger partial charge in [0.25, 0.3) is 0 Å². The number of rotatable bonds is 3. The number of hydrogen-bond acceptors (Lipinski definition) is 1. The predicted molar refractivity (Wildman–Crippen MR) is 108 cm³/mol. The van der Waals surface area contributed by atoms with Crippen molar-refractivity contribution in [2.75, 3.05) is 7.11 Å². The van der Waals surface area contributed by atoms with Crippen LogP contribution < -0.4 is 4.74 Å². The molecule has 2 aromatic rings. The van der Waals surface area contributed by atoms with Crippen molar-refractivity contribution >= 4 is 11.6 Å². The van der Waals surface area contributed by atoms with Gasteiger partial charge in [-0.25, -0.2) is 4.39 Å². The maximum Gasteiger partial charge on any atom is 0.131 e. The van der Waals surface area contributed by atoms with Crippen LogP contribution in [0.3, 0.4) is 0 Å². The van der Waals surface area contributed by atoms with E-state index in [0.717, 1.165) is 35.3 Å². The normalized spacial score (nSPS) is 18.3. The van der Waals surface area contributed by atoms with Crippen LogP contribution in [-0.2, 0) is 10.8 Å². The fraction of sp³-hybridized carbons (Fsp3) is 0.417. The molecule has 3 rings (SSSR count). The van der Waals surface area contributed by atoms with E-state index >= 15 is 0 Å². The van der Waals surface area contributed by atoms with Crippen LogP contribution in [0.4, 0.5) is 4.39 Å². The van der Waals surface area contributed by atoms with Gasteiger partial charge in [0.05, 0.1) is 7.11 Å². The average molecular weight is 352 g/mol. The van der Waals surface area contributed by atoms with Gasteiger partial charge in [-0.3, -0.25) is 0 Å². The molecule has 0 bridgehead atoms. The van der Waals surface area contributed by atoms with E-state index in [2.05, 4.69) is 33.8 Å². The average Bonchev–Trinajstić information content (AvgIpc) is 2.59. The van der Waals surface area contributed by atoms with Crippen LogP contribution in [-0.4, -0.2) is 7.11 Å².